The number of carboxylic acid groups (broad SMARTS) is 1. The van der Waals surface area contributed by atoms with Crippen LogP contribution >= 0.6 is 0 Å². The van der Waals surface area contributed by atoms with Crippen LogP contribution in [0.5, 0.6) is 0 Å². The van der Waals surface area contributed by atoms with E-state index in [4.69, 9.17) is 4.42 Å². The molecule has 3 aromatic rings. The molecule has 0 saturated heterocycles. The number of aromatic nitrogens is 5. The quantitative estimate of drug-likeness (QED) is 0.621. The predicted octanol–water partition coefficient (Wildman–Crippen LogP) is 0.579. The molecule has 0 aliphatic rings. The molecule has 0 saturated carbocycles. The van der Waals surface area contributed by atoms with Crippen LogP contribution in [-0.2, 0) is 4.79 Å². The molecule has 0 bridgehead atoms. The van der Waals surface area contributed by atoms with Crippen LogP contribution < -0.4 is 5.32 Å². The van der Waals surface area contributed by atoms with E-state index >= 15 is 0 Å². The van der Waals surface area contributed by atoms with Gasteiger partial charge in [-0.2, -0.15) is 0 Å². The molecule has 1 atom stereocenters. The van der Waals surface area contributed by atoms with Crippen molar-refractivity contribution in [2.24, 2.45) is 0 Å². The van der Waals surface area contributed by atoms with Gasteiger partial charge in [0, 0.05) is 0 Å². The first-order valence-corrected chi connectivity index (χ1v) is 5.27. The molecule has 9 nitrogen and oxygen atoms in total. The van der Waals surface area contributed by atoms with Crippen molar-refractivity contribution in [2.75, 3.05) is 5.32 Å². The molecule has 0 aliphatic carbocycles. The summed E-state index contributed by atoms with van der Waals surface area (Å²) in [5, 5.41) is 12.0. The van der Waals surface area contributed by atoms with Gasteiger partial charge in [-0.3, -0.25) is 0 Å². The minimum atomic E-state index is -1.11. The van der Waals surface area contributed by atoms with Crippen molar-refractivity contribution in [3.63, 3.8) is 0 Å². The summed E-state index contributed by atoms with van der Waals surface area (Å²) in [6.45, 7) is 0. The standard InChI is InChI=1S/C10H8N6O3/c17-10(18)6(5-1-11-4-19-5)16-9-7-8(13-2-12-7)14-3-15-9/h1-4,6H,(H,17,18)(H2,12,13,14,15,16). The van der Waals surface area contributed by atoms with E-state index in [0.29, 0.717) is 17.0 Å². The number of nitrogens with one attached hydrogen (secondary N) is 2. The monoisotopic (exact) mass is 260 g/mol. The fourth-order valence-corrected chi connectivity index (χ4v) is 1.63. The van der Waals surface area contributed by atoms with Crippen molar-refractivity contribution in [3.05, 3.63) is 31.0 Å². The smallest absolute Gasteiger partial charge is 0.334 e. The molecule has 0 radical (unpaired) electrons. The van der Waals surface area contributed by atoms with Gasteiger partial charge in [0.1, 0.15) is 11.8 Å². The summed E-state index contributed by atoms with van der Waals surface area (Å²) >= 11 is 0. The van der Waals surface area contributed by atoms with Crippen molar-refractivity contribution in [3.8, 4) is 0 Å². The highest BCUT2D eigenvalue weighted by atomic mass is 16.4. The van der Waals surface area contributed by atoms with Crippen LogP contribution in [0.4, 0.5) is 5.82 Å². The number of hydrogen-bond donors (Lipinski definition) is 3. The molecule has 0 aliphatic heterocycles. The lowest BCUT2D eigenvalue weighted by molar-refractivity contribution is -0.138. The lowest BCUT2D eigenvalue weighted by atomic mass is 10.2. The molecule has 0 fully saturated rings. The van der Waals surface area contributed by atoms with Crippen molar-refractivity contribution >= 4 is 23.0 Å². The minimum absolute atomic E-state index is 0.179. The van der Waals surface area contributed by atoms with E-state index in [1.54, 1.807) is 0 Å². The maximum Gasteiger partial charge on any atom is 0.334 e. The molecule has 96 valence electrons. The second-order valence-corrected chi connectivity index (χ2v) is 3.64. The average molecular weight is 260 g/mol. The molecule has 19 heavy (non-hydrogen) atoms. The number of rotatable bonds is 4. The molecule has 3 rings (SSSR count). The maximum absolute atomic E-state index is 11.3. The van der Waals surface area contributed by atoms with Crippen molar-refractivity contribution in [1.82, 2.24) is 24.9 Å². The van der Waals surface area contributed by atoms with Crippen molar-refractivity contribution < 1.29 is 14.3 Å². The highest BCUT2D eigenvalue weighted by Crippen LogP contribution is 2.22. The topological polar surface area (TPSA) is 130 Å². The Morgan fingerprint density at radius 3 is 3.05 bits per heavy atom. The fraction of sp³-hybridized carbons (Fsp3) is 0.100. The van der Waals surface area contributed by atoms with E-state index in [1.165, 1.54) is 25.2 Å². The summed E-state index contributed by atoms with van der Waals surface area (Å²) in [6, 6.07) is -1.09. The molecular weight excluding hydrogens is 252 g/mol. The Morgan fingerprint density at radius 2 is 2.32 bits per heavy atom. The van der Waals surface area contributed by atoms with Crippen LogP contribution in [0.3, 0.4) is 0 Å². The highest BCUT2D eigenvalue weighted by molar-refractivity contribution is 5.85. The van der Waals surface area contributed by atoms with Gasteiger partial charge in [-0.15, -0.1) is 0 Å². The summed E-state index contributed by atoms with van der Waals surface area (Å²) in [7, 11) is 0. The Bertz CT molecular complexity index is 707. The summed E-state index contributed by atoms with van der Waals surface area (Å²) in [4.78, 5) is 29.7. The number of oxazole rings is 1. The Hall–Kier alpha value is -2.97. The third-order valence-electron chi connectivity index (χ3n) is 2.49. The largest absolute Gasteiger partial charge is 0.479 e. The number of H-pyrrole nitrogens is 1. The lowest BCUT2D eigenvalue weighted by Crippen LogP contribution is -2.20. The van der Waals surface area contributed by atoms with Crippen LogP contribution in [0.2, 0.25) is 0 Å². The van der Waals surface area contributed by atoms with E-state index < -0.39 is 12.0 Å². The van der Waals surface area contributed by atoms with Gasteiger partial charge in [0.05, 0.1) is 12.5 Å². The Balaban J connectivity index is 1.98. The van der Waals surface area contributed by atoms with Crippen molar-refractivity contribution in [2.45, 2.75) is 6.04 Å². The van der Waals surface area contributed by atoms with Crippen LogP contribution in [0, 0.1) is 0 Å². The normalized spacial score (nSPS) is 12.4. The number of carbonyl (C=O) groups is 1. The van der Waals surface area contributed by atoms with Gasteiger partial charge in [0.2, 0.25) is 0 Å². The number of carboxylic acids is 1. The van der Waals surface area contributed by atoms with Crippen molar-refractivity contribution in [1.29, 1.82) is 0 Å². The number of fused-ring (bicyclic) bond motifs is 1. The van der Waals surface area contributed by atoms with Crippen LogP contribution in [0.1, 0.15) is 11.8 Å². The Morgan fingerprint density at radius 1 is 1.42 bits per heavy atom. The number of aromatic amines is 1. The Labute approximate surface area is 105 Å². The first-order valence-electron chi connectivity index (χ1n) is 5.27. The molecule has 0 amide bonds. The molecule has 0 aromatic carbocycles. The van der Waals surface area contributed by atoms with Gasteiger partial charge in [0.25, 0.3) is 0 Å². The van der Waals surface area contributed by atoms with Crippen LogP contribution in [-0.4, -0.2) is 36.0 Å². The van der Waals surface area contributed by atoms with Gasteiger partial charge >= 0.3 is 5.97 Å². The average Bonchev–Trinajstić information content (AvgIpc) is 3.06. The van der Waals surface area contributed by atoms with Crippen LogP contribution in [0.25, 0.3) is 11.2 Å². The van der Waals surface area contributed by atoms with E-state index in [9.17, 15) is 9.90 Å². The maximum atomic E-state index is 11.3. The minimum Gasteiger partial charge on any atom is -0.479 e. The molecule has 3 heterocycles. The third kappa shape index (κ3) is 1.97. The van der Waals surface area contributed by atoms with Gasteiger partial charge in [-0.1, -0.05) is 0 Å². The molecular formula is C10H8N6O3. The number of nitrogens with zero attached hydrogens (tertiary/aromatic N) is 4. The van der Waals surface area contributed by atoms with E-state index in [2.05, 4.69) is 30.2 Å². The summed E-state index contributed by atoms with van der Waals surface area (Å²) in [6.07, 6.45) is 5.25. The first kappa shape index (κ1) is 11.1. The second-order valence-electron chi connectivity index (χ2n) is 3.64. The zero-order valence-electron chi connectivity index (χ0n) is 9.44. The van der Waals surface area contributed by atoms with Gasteiger partial charge in [-0.25, -0.2) is 24.7 Å². The molecule has 0 spiro atoms. The SMILES string of the molecule is O=C(O)C(Nc1ncnc2nc[nH]c12)c1cnco1. The lowest BCUT2D eigenvalue weighted by Gasteiger charge is -2.12. The summed E-state index contributed by atoms with van der Waals surface area (Å²) in [5.74, 6) is -0.604. The number of aliphatic carboxylic acids is 1. The molecule has 3 aromatic heterocycles. The Kier molecular flexibility index (Phi) is 2.56. The molecule has 1 unspecified atom stereocenters. The molecule has 3 N–H and O–H groups in total. The second kappa shape index (κ2) is 4.37. The summed E-state index contributed by atoms with van der Waals surface area (Å²) in [5.41, 5.74) is 0.965. The van der Waals surface area contributed by atoms with Gasteiger partial charge in [0.15, 0.2) is 29.7 Å². The number of anilines is 1. The zero-order chi connectivity index (χ0) is 13.2. The van der Waals surface area contributed by atoms with E-state index in [1.807, 2.05) is 0 Å². The molecule has 9 heteroatoms. The zero-order valence-corrected chi connectivity index (χ0v) is 9.44. The predicted molar refractivity (Wildman–Crippen MR) is 62.2 cm³/mol. The number of hydrogen-bond acceptors (Lipinski definition) is 7. The fourth-order valence-electron chi connectivity index (χ4n) is 1.63. The van der Waals surface area contributed by atoms with E-state index in [-0.39, 0.29) is 5.76 Å². The van der Waals surface area contributed by atoms with Gasteiger partial charge < -0.3 is 19.8 Å². The summed E-state index contributed by atoms with van der Waals surface area (Å²) < 4.78 is 5.00. The van der Waals surface area contributed by atoms with E-state index in [0.717, 1.165) is 0 Å². The number of imidazole rings is 1. The van der Waals surface area contributed by atoms with Crippen LogP contribution in [0.15, 0.2) is 29.7 Å². The van der Waals surface area contributed by atoms with Gasteiger partial charge in [-0.05, 0) is 0 Å². The first-order chi connectivity index (χ1) is 9.25. The third-order valence-corrected chi connectivity index (χ3v) is 2.49. The highest BCUT2D eigenvalue weighted by Gasteiger charge is 2.24.